The van der Waals surface area contributed by atoms with E-state index < -0.39 is 10.0 Å². The van der Waals surface area contributed by atoms with E-state index in [1.54, 1.807) is 18.2 Å². The van der Waals surface area contributed by atoms with Crippen molar-refractivity contribution in [3.05, 3.63) is 60.2 Å². The molecular formula is C21H23N3O5S. The summed E-state index contributed by atoms with van der Waals surface area (Å²) >= 11 is 0. The Kier molecular flexibility index (Phi) is 6.86. The van der Waals surface area contributed by atoms with Gasteiger partial charge in [-0.2, -0.15) is 0 Å². The van der Waals surface area contributed by atoms with E-state index in [1.807, 2.05) is 31.2 Å². The number of methoxy groups -OCH3 is 2. The van der Waals surface area contributed by atoms with Crippen LogP contribution in [0.5, 0.6) is 17.4 Å². The van der Waals surface area contributed by atoms with E-state index in [0.717, 1.165) is 11.3 Å². The minimum atomic E-state index is -3.81. The quantitative estimate of drug-likeness (QED) is 0.522. The third-order valence-corrected chi connectivity index (χ3v) is 5.77. The van der Waals surface area contributed by atoms with Crippen molar-refractivity contribution in [2.24, 2.45) is 0 Å². The van der Waals surface area contributed by atoms with Crippen molar-refractivity contribution < 1.29 is 22.6 Å². The van der Waals surface area contributed by atoms with Crippen LogP contribution in [0.3, 0.4) is 0 Å². The van der Waals surface area contributed by atoms with Gasteiger partial charge < -0.3 is 14.2 Å². The van der Waals surface area contributed by atoms with Gasteiger partial charge in [-0.05, 0) is 25.1 Å². The highest BCUT2D eigenvalue weighted by molar-refractivity contribution is 7.89. The zero-order chi connectivity index (χ0) is 21.6. The third-order valence-electron chi connectivity index (χ3n) is 4.29. The highest BCUT2D eigenvalue weighted by atomic mass is 32.2. The number of rotatable bonds is 9. The summed E-state index contributed by atoms with van der Waals surface area (Å²) in [7, 11) is -0.939. The van der Waals surface area contributed by atoms with Gasteiger partial charge in [0.2, 0.25) is 15.9 Å². The van der Waals surface area contributed by atoms with E-state index in [9.17, 15) is 8.42 Å². The number of aryl methyl sites for hydroxylation is 1. The Bertz CT molecular complexity index is 1080. The number of ether oxygens (including phenoxy) is 3. The van der Waals surface area contributed by atoms with E-state index in [1.165, 1.54) is 31.9 Å². The third kappa shape index (κ3) is 5.25. The molecule has 9 heteroatoms. The summed E-state index contributed by atoms with van der Waals surface area (Å²) in [6.45, 7) is 2.15. The van der Waals surface area contributed by atoms with Crippen molar-refractivity contribution in [3.8, 4) is 28.6 Å². The molecule has 1 N–H and O–H groups in total. The summed E-state index contributed by atoms with van der Waals surface area (Å²) in [5.41, 5.74) is 2.86. The van der Waals surface area contributed by atoms with Crippen LogP contribution >= 0.6 is 0 Å². The first-order valence-corrected chi connectivity index (χ1v) is 10.7. The molecule has 0 atom stereocenters. The van der Waals surface area contributed by atoms with Crippen molar-refractivity contribution in [1.29, 1.82) is 0 Å². The van der Waals surface area contributed by atoms with Gasteiger partial charge in [-0.1, -0.05) is 29.8 Å². The van der Waals surface area contributed by atoms with Gasteiger partial charge >= 0.3 is 0 Å². The summed E-state index contributed by atoms with van der Waals surface area (Å²) in [4.78, 5) is -0.00778. The number of aromatic nitrogens is 2. The van der Waals surface area contributed by atoms with Gasteiger partial charge in [0.15, 0.2) is 0 Å². The smallest absolute Gasteiger partial charge is 0.244 e. The number of hydrogen-bond acceptors (Lipinski definition) is 7. The maximum atomic E-state index is 12.6. The summed E-state index contributed by atoms with van der Waals surface area (Å²) in [5.74, 6) is 0.946. The summed E-state index contributed by atoms with van der Waals surface area (Å²) in [6.07, 6.45) is 0. The Labute approximate surface area is 175 Å². The van der Waals surface area contributed by atoms with E-state index >= 15 is 0 Å². The molecule has 0 saturated heterocycles. The first-order valence-electron chi connectivity index (χ1n) is 9.18. The molecule has 1 aromatic heterocycles. The van der Waals surface area contributed by atoms with Crippen LogP contribution in [-0.4, -0.2) is 46.0 Å². The van der Waals surface area contributed by atoms with Crippen LogP contribution in [0.4, 0.5) is 0 Å². The van der Waals surface area contributed by atoms with E-state index in [2.05, 4.69) is 14.9 Å². The fraction of sp³-hybridized carbons (Fsp3) is 0.238. The number of nitrogens with one attached hydrogen (secondary N) is 1. The standard InChI is InChI=1S/C21H23N3O5S/c1-15-4-6-16(7-5-15)18-9-11-21(24-23-18)29-13-12-22-30(25,26)20-14-17(27-2)8-10-19(20)28-3/h4-11,14,22H,12-13H2,1-3H3. The van der Waals surface area contributed by atoms with Crippen LogP contribution in [-0.2, 0) is 10.0 Å². The van der Waals surface area contributed by atoms with Gasteiger partial charge in [0, 0.05) is 24.2 Å². The van der Waals surface area contributed by atoms with E-state index in [4.69, 9.17) is 14.2 Å². The normalized spacial score (nSPS) is 11.2. The molecule has 0 spiro atoms. The lowest BCUT2D eigenvalue weighted by atomic mass is 10.1. The molecule has 0 unspecified atom stereocenters. The Morgan fingerprint density at radius 3 is 2.33 bits per heavy atom. The van der Waals surface area contributed by atoms with Crippen molar-refractivity contribution in [2.45, 2.75) is 11.8 Å². The molecule has 0 amide bonds. The van der Waals surface area contributed by atoms with Gasteiger partial charge in [-0.25, -0.2) is 13.1 Å². The molecule has 8 nitrogen and oxygen atoms in total. The molecule has 0 aliphatic carbocycles. The zero-order valence-corrected chi connectivity index (χ0v) is 17.8. The highest BCUT2D eigenvalue weighted by Gasteiger charge is 2.20. The molecule has 0 saturated carbocycles. The molecule has 1 heterocycles. The van der Waals surface area contributed by atoms with Crippen LogP contribution in [0.1, 0.15) is 5.56 Å². The average molecular weight is 429 g/mol. The minimum absolute atomic E-state index is 0.00778. The molecule has 158 valence electrons. The van der Waals surface area contributed by atoms with E-state index in [-0.39, 0.29) is 23.8 Å². The fourth-order valence-corrected chi connectivity index (χ4v) is 3.87. The van der Waals surface area contributed by atoms with Crippen molar-refractivity contribution >= 4 is 10.0 Å². The highest BCUT2D eigenvalue weighted by Crippen LogP contribution is 2.27. The molecule has 0 aliphatic rings. The van der Waals surface area contributed by atoms with Gasteiger partial charge in [-0.15, -0.1) is 10.2 Å². The Balaban J connectivity index is 1.57. The van der Waals surface area contributed by atoms with Crippen molar-refractivity contribution in [3.63, 3.8) is 0 Å². The molecule has 3 aromatic rings. The molecule has 0 bridgehead atoms. The Morgan fingerprint density at radius 1 is 0.933 bits per heavy atom. The van der Waals surface area contributed by atoms with Crippen LogP contribution in [0.15, 0.2) is 59.5 Å². The number of hydrogen-bond donors (Lipinski definition) is 1. The molecule has 30 heavy (non-hydrogen) atoms. The number of benzene rings is 2. The molecule has 0 aliphatic heterocycles. The van der Waals surface area contributed by atoms with Crippen molar-refractivity contribution in [1.82, 2.24) is 14.9 Å². The first kappa shape index (κ1) is 21.5. The predicted molar refractivity (Wildman–Crippen MR) is 112 cm³/mol. The summed E-state index contributed by atoms with van der Waals surface area (Å²) in [5, 5.41) is 8.19. The Morgan fingerprint density at radius 2 is 1.70 bits per heavy atom. The summed E-state index contributed by atoms with van der Waals surface area (Å²) in [6, 6.07) is 16.0. The SMILES string of the molecule is COc1ccc(OC)c(S(=O)(=O)NCCOc2ccc(-c3ccc(C)cc3)nn2)c1. The molecular weight excluding hydrogens is 406 g/mol. The van der Waals surface area contributed by atoms with Crippen LogP contribution in [0.25, 0.3) is 11.3 Å². The van der Waals surface area contributed by atoms with Gasteiger partial charge in [-0.3, -0.25) is 0 Å². The summed E-state index contributed by atoms with van der Waals surface area (Å²) < 4.78 is 43.4. The Hall–Kier alpha value is -3.17. The fourth-order valence-electron chi connectivity index (χ4n) is 2.68. The van der Waals surface area contributed by atoms with Crippen LogP contribution in [0, 0.1) is 6.92 Å². The lowest BCUT2D eigenvalue weighted by molar-refractivity contribution is 0.307. The minimum Gasteiger partial charge on any atom is -0.497 e. The number of nitrogens with zero attached hydrogens (tertiary/aromatic N) is 2. The van der Waals surface area contributed by atoms with Gasteiger partial charge in [0.1, 0.15) is 23.0 Å². The molecule has 0 fully saturated rings. The molecule has 2 aromatic carbocycles. The largest absolute Gasteiger partial charge is 0.497 e. The lowest BCUT2D eigenvalue weighted by Crippen LogP contribution is -2.28. The van der Waals surface area contributed by atoms with Gasteiger partial charge in [0.25, 0.3) is 0 Å². The number of sulfonamides is 1. The van der Waals surface area contributed by atoms with Crippen molar-refractivity contribution in [2.75, 3.05) is 27.4 Å². The van der Waals surface area contributed by atoms with E-state index in [0.29, 0.717) is 11.6 Å². The average Bonchev–Trinajstić information content (AvgIpc) is 2.77. The monoisotopic (exact) mass is 429 g/mol. The maximum Gasteiger partial charge on any atom is 0.244 e. The predicted octanol–water partition coefficient (Wildman–Crippen LogP) is 2.83. The topological polar surface area (TPSA) is 99.6 Å². The molecule has 3 rings (SSSR count). The van der Waals surface area contributed by atoms with Gasteiger partial charge in [0.05, 0.1) is 19.9 Å². The lowest BCUT2D eigenvalue weighted by Gasteiger charge is -2.12. The maximum absolute atomic E-state index is 12.6. The second-order valence-electron chi connectivity index (χ2n) is 6.39. The van der Waals surface area contributed by atoms with Crippen LogP contribution in [0.2, 0.25) is 0 Å². The first-order chi connectivity index (χ1) is 14.4. The van der Waals surface area contributed by atoms with Crippen LogP contribution < -0.4 is 18.9 Å². The second kappa shape index (κ2) is 9.55. The zero-order valence-electron chi connectivity index (χ0n) is 17.0. The molecule has 0 radical (unpaired) electrons. The second-order valence-corrected chi connectivity index (χ2v) is 8.12.